The van der Waals surface area contributed by atoms with Crippen molar-refractivity contribution >= 4 is 23.4 Å². The van der Waals surface area contributed by atoms with Crippen molar-refractivity contribution in [3.8, 4) is 0 Å². The highest BCUT2D eigenvalue weighted by Gasteiger charge is 1.91. The zero-order valence-electron chi connectivity index (χ0n) is 4.20. The molecule has 2 nitrogen and oxygen atoms in total. The molecule has 0 fully saturated rings. The van der Waals surface area contributed by atoms with Crippen LogP contribution >= 0.6 is 12.2 Å². The maximum Gasteiger partial charge on any atom is 0.140 e. The molecular weight excluding hydrogens is 122 g/mol. The molecular formula is C5H5NOS. The van der Waals surface area contributed by atoms with Gasteiger partial charge in [0.05, 0.1) is 6.26 Å². The maximum atomic E-state index is 4.86. The summed E-state index contributed by atoms with van der Waals surface area (Å²) in [5.74, 6) is 0. The SMILES string of the molecule is S=C1COC=CC=N1. The van der Waals surface area contributed by atoms with Gasteiger partial charge in [0, 0.05) is 6.21 Å². The van der Waals surface area contributed by atoms with Crippen LogP contribution in [0.15, 0.2) is 17.3 Å². The Balaban J connectivity index is 2.58. The largest absolute Gasteiger partial charge is 0.494 e. The predicted molar refractivity (Wildman–Crippen MR) is 36.2 cm³/mol. The Morgan fingerprint density at radius 2 is 2.62 bits per heavy atom. The van der Waals surface area contributed by atoms with Gasteiger partial charge in [0.25, 0.3) is 0 Å². The summed E-state index contributed by atoms with van der Waals surface area (Å²) in [7, 11) is 0. The van der Waals surface area contributed by atoms with Crippen molar-refractivity contribution in [3.63, 3.8) is 0 Å². The lowest BCUT2D eigenvalue weighted by molar-refractivity contribution is 0.305. The molecule has 1 rings (SSSR count). The molecule has 0 aromatic heterocycles. The van der Waals surface area contributed by atoms with Crippen LogP contribution in [0.5, 0.6) is 0 Å². The van der Waals surface area contributed by atoms with Gasteiger partial charge in [0.1, 0.15) is 11.6 Å². The van der Waals surface area contributed by atoms with Crippen LogP contribution in [0.25, 0.3) is 0 Å². The number of rotatable bonds is 0. The van der Waals surface area contributed by atoms with Crippen molar-refractivity contribution < 1.29 is 4.74 Å². The van der Waals surface area contributed by atoms with Gasteiger partial charge in [-0.25, -0.2) is 4.99 Å². The first-order valence-corrected chi connectivity index (χ1v) is 2.64. The van der Waals surface area contributed by atoms with Crippen LogP contribution in [0.3, 0.4) is 0 Å². The summed E-state index contributed by atoms with van der Waals surface area (Å²) in [6.45, 7) is 0.433. The summed E-state index contributed by atoms with van der Waals surface area (Å²) in [6, 6.07) is 0. The Kier molecular flexibility index (Phi) is 1.75. The molecule has 0 bridgehead atoms. The van der Waals surface area contributed by atoms with Crippen molar-refractivity contribution in [1.82, 2.24) is 0 Å². The van der Waals surface area contributed by atoms with E-state index in [0.29, 0.717) is 11.6 Å². The maximum absolute atomic E-state index is 4.86. The minimum atomic E-state index is 0.433. The van der Waals surface area contributed by atoms with Gasteiger partial charge in [0.2, 0.25) is 0 Å². The summed E-state index contributed by atoms with van der Waals surface area (Å²) < 4.78 is 4.86. The van der Waals surface area contributed by atoms with Gasteiger partial charge >= 0.3 is 0 Å². The molecule has 0 atom stereocenters. The summed E-state index contributed by atoms with van der Waals surface area (Å²) in [4.78, 5) is 4.41. The molecule has 3 heteroatoms. The number of thiocarbonyl (C=S) groups is 1. The summed E-state index contributed by atoms with van der Waals surface area (Å²) in [6.07, 6.45) is 4.90. The number of aliphatic imine (C=N–C) groups is 1. The van der Waals surface area contributed by atoms with Gasteiger partial charge in [-0.1, -0.05) is 12.2 Å². The Morgan fingerprint density at radius 3 is 3.50 bits per heavy atom. The summed E-state index contributed by atoms with van der Waals surface area (Å²) >= 11 is 4.73. The minimum Gasteiger partial charge on any atom is -0.494 e. The van der Waals surface area contributed by atoms with E-state index in [1.807, 2.05) is 0 Å². The fourth-order valence-electron chi connectivity index (χ4n) is 0.374. The average molecular weight is 127 g/mol. The van der Waals surface area contributed by atoms with Gasteiger partial charge in [-0.15, -0.1) is 0 Å². The molecule has 8 heavy (non-hydrogen) atoms. The van der Waals surface area contributed by atoms with Crippen molar-refractivity contribution in [2.75, 3.05) is 6.61 Å². The number of ether oxygens (including phenoxy) is 1. The first-order chi connectivity index (χ1) is 3.89. The van der Waals surface area contributed by atoms with Gasteiger partial charge in [-0.2, -0.15) is 0 Å². The molecule has 0 unspecified atom stereocenters. The van der Waals surface area contributed by atoms with Crippen molar-refractivity contribution in [2.45, 2.75) is 0 Å². The van der Waals surface area contributed by atoms with Crippen molar-refractivity contribution in [2.24, 2.45) is 4.99 Å². The summed E-state index contributed by atoms with van der Waals surface area (Å²) in [5, 5.41) is 0. The van der Waals surface area contributed by atoms with E-state index in [1.165, 1.54) is 0 Å². The normalized spacial score (nSPS) is 17.8. The molecule has 0 aliphatic carbocycles. The lowest BCUT2D eigenvalue weighted by Gasteiger charge is -1.91. The third-order valence-electron chi connectivity index (χ3n) is 0.686. The second-order valence-corrected chi connectivity index (χ2v) is 1.78. The van der Waals surface area contributed by atoms with E-state index in [9.17, 15) is 0 Å². The van der Waals surface area contributed by atoms with Crippen LogP contribution < -0.4 is 0 Å². The monoisotopic (exact) mass is 127 g/mol. The second-order valence-electron chi connectivity index (χ2n) is 1.31. The van der Waals surface area contributed by atoms with Gasteiger partial charge in [0.15, 0.2) is 0 Å². The third-order valence-corrected chi connectivity index (χ3v) is 0.909. The first-order valence-electron chi connectivity index (χ1n) is 2.23. The predicted octanol–water partition coefficient (Wildman–Crippen LogP) is 0.928. The summed E-state index contributed by atoms with van der Waals surface area (Å²) in [5.41, 5.74) is 0. The van der Waals surface area contributed by atoms with E-state index >= 15 is 0 Å². The number of nitrogens with zero attached hydrogens (tertiary/aromatic N) is 1. The molecule has 1 aliphatic heterocycles. The lowest BCUT2D eigenvalue weighted by atomic mass is 10.7. The van der Waals surface area contributed by atoms with Crippen LogP contribution in [0.4, 0.5) is 0 Å². The second kappa shape index (κ2) is 2.57. The van der Waals surface area contributed by atoms with E-state index in [1.54, 1.807) is 18.6 Å². The van der Waals surface area contributed by atoms with Gasteiger partial charge in [-0.05, 0) is 6.08 Å². The van der Waals surface area contributed by atoms with Gasteiger partial charge < -0.3 is 4.74 Å². The molecule has 0 aromatic carbocycles. The topological polar surface area (TPSA) is 21.6 Å². The average Bonchev–Trinajstić information content (AvgIpc) is 1.94. The Morgan fingerprint density at radius 1 is 1.75 bits per heavy atom. The highest BCUT2D eigenvalue weighted by Crippen LogP contribution is 1.87. The van der Waals surface area contributed by atoms with E-state index in [-0.39, 0.29) is 0 Å². The fraction of sp³-hybridized carbons (Fsp3) is 0.200. The van der Waals surface area contributed by atoms with E-state index < -0.39 is 0 Å². The number of allylic oxidation sites excluding steroid dienone is 1. The highest BCUT2D eigenvalue weighted by molar-refractivity contribution is 7.80. The zero-order chi connectivity index (χ0) is 5.82. The van der Waals surface area contributed by atoms with Crippen molar-refractivity contribution in [3.05, 3.63) is 12.3 Å². The third kappa shape index (κ3) is 1.42. The Hall–Kier alpha value is -0.700. The molecule has 0 saturated carbocycles. The molecule has 1 aliphatic rings. The molecule has 0 aromatic rings. The molecule has 0 N–H and O–H groups in total. The van der Waals surface area contributed by atoms with Crippen molar-refractivity contribution in [1.29, 1.82) is 0 Å². The highest BCUT2D eigenvalue weighted by atomic mass is 32.1. The van der Waals surface area contributed by atoms with Crippen LogP contribution in [0, 0.1) is 0 Å². The molecule has 42 valence electrons. The van der Waals surface area contributed by atoms with E-state index in [2.05, 4.69) is 4.99 Å². The number of hydrogen-bond donors (Lipinski definition) is 0. The molecule has 1 heterocycles. The Labute approximate surface area is 52.9 Å². The molecule has 0 spiro atoms. The molecule has 0 saturated heterocycles. The minimum absolute atomic E-state index is 0.433. The molecule has 0 radical (unpaired) electrons. The lowest BCUT2D eigenvalue weighted by Crippen LogP contribution is -1.96. The quantitative estimate of drug-likeness (QED) is 0.451. The van der Waals surface area contributed by atoms with Gasteiger partial charge in [-0.3, -0.25) is 0 Å². The van der Waals surface area contributed by atoms with Crippen LogP contribution in [-0.4, -0.2) is 17.8 Å². The van der Waals surface area contributed by atoms with Crippen LogP contribution in [0.2, 0.25) is 0 Å². The van der Waals surface area contributed by atoms with E-state index in [0.717, 1.165) is 0 Å². The molecule has 0 amide bonds. The standard InChI is InChI=1S/C5H5NOS/c8-5-4-7-3-1-2-6-5/h1-3H,4H2. The Bertz CT molecular complexity index is 151. The fourth-order valence-corrected chi connectivity index (χ4v) is 0.502. The van der Waals surface area contributed by atoms with Crippen LogP contribution in [0.1, 0.15) is 0 Å². The van der Waals surface area contributed by atoms with E-state index in [4.69, 9.17) is 17.0 Å². The first kappa shape index (κ1) is 5.44. The van der Waals surface area contributed by atoms with Crippen LogP contribution in [-0.2, 0) is 4.74 Å². The smallest absolute Gasteiger partial charge is 0.140 e. The zero-order valence-corrected chi connectivity index (χ0v) is 5.02. The number of hydrogen-bond acceptors (Lipinski definition) is 2.